The molecule has 0 aliphatic heterocycles. The number of anilines is 1. The van der Waals surface area contributed by atoms with Crippen LogP contribution in [0.5, 0.6) is 5.75 Å². The highest BCUT2D eigenvalue weighted by molar-refractivity contribution is 7.99. The van der Waals surface area contributed by atoms with Crippen LogP contribution < -0.4 is 15.4 Å². The number of amides is 2. The zero-order valence-electron chi connectivity index (χ0n) is 19.6. The molecule has 0 saturated carbocycles. The van der Waals surface area contributed by atoms with Crippen LogP contribution >= 0.6 is 23.4 Å². The summed E-state index contributed by atoms with van der Waals surface area (Å²) in [6.45, 7) is 6.35. The Morgan fingerprint density at radius 3 is 2.53 bits per heavy atom. The molecule has 0 aliphatic carbocycles. The number of methoxy groups -OCH3 is 1. The molecule has 10 heteroatoms. The molecule has 0 saturated heterocycles. The number of carbonyl (C=O) groups excluding carboxylic acids is 2. The molecule has 3 rings (SSSR count). The maximum absolute atomic E-state index is 12.5. The van der Waals surface area contributed by atoms with Gasteiger partial charge >= 0.3 is 0 Å². The second-order valence-corrected chi connectivity index (χ2v) is 9.05. The van der Waals surface area contributed by atoms with Crippen molar-refractivity contribution in [2.24, 2.45) is 0 Å². The van der Waals surface area contributed by atoms with Gasteiger partial charge in [-0.25, -0.2) is 0 Å². The molecule has 180 valence electrons. The van der Waals surface area contributed by atoms with Crippen LogP contribution in [0.2, 0.25) is 5.02 Å². The van der Waals surface area contributed by atoms with Crippen molar-refractivity contribution in [1.82, 2.24) is 20.1 Å². The van der Waals surface area contributed by atoms with E-state index in [0.717, 1.165) is 16.9 Å². The maximum atomic E-state index is 12.5. The standard InChI is InChI=1S/C24H28ClN5O3S/c1-5-30-23(16(3)26-21(31)12-17-7-10-19(33-4)11-8-17)28-29-24(30)34-14-22(32)27-18-9-6-15(2)20(25)13-18/h6-11,13,16H,5,12,14H2,1-4H3,(H,26,31)(H,27,32)/t16-/m1/s1. The van der Waals surface area contributed by atoms with Crippen LogP contribution in [0.4, 0.5) is 5.69 Å². The number of rotatable bonds is 10. The molecular weight excluding hydrogens is 474 g/mol. The Balaban J connectivity index is 1.57. The van der Waals surface area contributed by atoms with E-state index in [2.05, 4.69) is 20.8 Å². The van der Waals surface area contributed by atoms with Crippen LogP contribution in [0.15, 0.2) is 47.6 Å². The van der Waals surface area contributed by atoms with Gasteiger partial charge in [0.2, 0.25) is 11.8 Å². The summed E-state index contributed by atoms with van der Waals surface area (Å²) in [5, 5.41) is 15.5. The Kier molecular flexibility index (Phi) is 8.95. The summed E-state index contributed by atoms with van der Waals surface area (Å²) in [6, 6.07) is 12.4. The number of hydrogen-bond donors (Lipinski definition) is 2. The first-order valence-electron chi connectivity index (χ1n) is 10.8. The molecule has 0 spiro atoms. The second-order valence-electron chi connectivity index (χ2n) is 7.70. The van der Waals surface area contributed by atoms with Gasteiger partial charge in [-0.1, -0.05) is 41.6 Å². The van der Waals surface area contributed by atoms with Crippen molar-refractivity contribution in [2.45, 2.75) is 44.9 Å². The van der Waals surface area contributed by atoms with Gasteiger partial charge in [0, 0.05) is 17.3 Å². The van der Waals surface area contributed by atoms with Gasteiger partial charge in [-0.05, 0) is 56.2 Å². The summed E-state index contributed by atoms with van der Waals surface area (Å²) in [6.07, 6.45) is 0.249. The lowest BCUT2D eigenvalue weighted by molar-refractivity contribution is -0.121. The van der Waals surface area contributed by atoms with E-state index in [1.165, 1.54) is 11.8 Å². The van der Waals surface area contributed by atoms with Crippen molar-refractivity contribution < 1.29 is 14.3 Å². The predicted molar refractivity (Wildman–Crippen MR) is 134 cm³/mol. The molecule has 0 radical (unpaired) electrons. The molecule has 2 amide bonds. The van der Waals surface area contributed by atoms with Crippen LogP contribution in [-0.2, 0) is 22.6 Å². The van der Waals surface area contributed by atoms with E-state index in [0.29, 0.717) is 28.2 Å². The lowest BCUT2D eigenvalue weighted by Crippen LogP contribution is -2.30. The van der Waals surface area contributed by atoms with E-state index in [1.807, 2.05) is 61.7 Å². The quantitative estimate of drug-likeness (QED) is 0.399. The lowest BCUT2D eigenvalue weighted by atomic mass is 10.1. The van der Waals surface area contributed by atoms with E-state index in [1.54, 1.807) is 13.2 Å². The third-order valence-corrected chi connectivity index (χ3v) is 6.51. The van der Waals surface area contributed by atoms with Gasteiger partial charge in [-0.3, -0.25) is 9.59 Å². The van der Waals surface area contributed by atoms with Gasteiger partial charge < -0.3 is 19.9 Å². The van der Waals surface area contributed by atoms with E-state index in [4.69, 9.17) is 16.3 Å². The summed E-state index contributed by atoms with van der Waals surface area (Å²) in [4.78, 5) is 24.9. The van der Waals surface area contributed by atoms with E-state index < -0.39 is 0 Å². The summed E-state index contributed by atoms with van der Waals surface area (Å²) in [5.41, 5.74) is 2.48. The monoisotopic (exact) mass is 501 g/mol. The Hall–Kier alpha value is -3.04. The zero-order chi connectivity index (χ0) is 24.7. The van der Waals surface area contributed by atoms with Gasteiger partial charge in [0.15, 0.2) is 11.0 Å². The molecule has 0 fully saturated rings. The SMILES string of the molecule is CCn1c(SCC(=O)Nc2ccc(C)c(Cl)c2)nnc1[C@@H](C)NC(=O)Cc1ccc(OC)cc1. The van der Waals surface area contributed by atoms with Crippen LogP contribution in [-0.4, -0.2) is 39.4 Å². The first kappa shape index (κ1) is 25.6. The van der Waals surface area contributed by atoms with Gasteiger partial charge in [0.05, 0.1) is 25.3 Å². The fourth-order valence-corrected chi connectivity index (χ4v) is 4.30. The van der Waals surface area contributed by atoms with Crippen LogP contribution in [0, 0.1) is 6.92 Å². The third-order valence-electron chi connectivity index (χ3n) is 5.14. The Bertz CT molecular complexity index is 1150. The van der Waals surface area contributed by atoms with Crippen molar-refractivity contribution >= 4 is 40.9 Å². The number of carbonyl (C=O) groups is 2. The molecule has 0 bridgehead atoms. The van der Waals surface area contributed by atoms with Gasteiger partial charge in [-0.15, -0.1) is 10.2 Å². The van der Waals surface area contributed by atoms with Gasteiger partial charge in [0.1, 0.15) is 5.75 Å². The van der Waals surface area contributed by atoms with Gasteiger partial charge in [0.25, 0.3) is 0 Å². The number of hydrogen-bond acceptors (Lipinski definition) is 6. The topological polar surface area (TPSA) is 98.1 Å². The van der Waals surface area contributed by atoms with Crippen molar-refractivity contribution in [3.8, 4) is 5.75 Å². The molecule has 0 aliphatic rings. The number of halogens is 1. The van der Waals surface area contributed by atoms with Crippen LogP contribution in [0.25, 0.3) is 0 Å². The highest BCUT2D eigenvalue weighted by Gasteiger charge is 2.20. The predicted octanol–water partition coefficient (Wildman–Crippen LogP) is 4.42. The molecule has 2 aromatic carbocycles. The fourth-order valence-electron chi connectivity index (χ4n) is 3.31. The van der Waals surface area contributed by atoms with Crippen LogP contribution in [0.3, 0.4) is 0 Å². The summed E-state index contributed by atoms with van der Waals surface area (Å²) >= 11 is 7.41. The molecular formula is C24H28ClN5O3S. The van der Waals surface area contributed by atoms with E-state index in [9.17, 15) is 9.59 Å². The molecule has 1 aromatic heterocycles. The van der Waals surface area contributed by atoms with Crippen molar-refractivity contribution in [2.75, 3.05) is 18.2 Å². The largest absolute Gasteiger partial charge is 0.497 e. The van der Waals surface area contributed by atoms with E-state index in [-0.39, 0.29) is 30.0 Å². The first-order valence-corrected chi connectivity index (χ1v) is 12.2. The number of aromatic nitrogens is 3. The molecule has 1 atom stereocenters. The minimum atomic E-state index is -0.337. The number of nitrogens with zero attached hydrogens (tertiary/aromatic N) is 3. The lowest BCUT2D eigenvalue weighted by Gasteiger charge is -2.15. The average Bonchev–Trinajstić information content (AvgIpc) is 3.23. The smallest absolute Gasteiger partial charge is 0.234 e. The molecule has 1 heterocycles. The zero-order valence-corrected chi connectivity index (χ0v) is 21.2. The fraction of sp³-hybridized carbons (Fsp3) is 0.333. The Morgan fingerprint density at radius 1 is 1.15 bits per heavy atom. The minimum Gasteiger partial charge on any atom is -0.497 e. The highest BCUT2D eigenvalue weighted by Crippen LogP contribution is 2.23. The first-order chi connectivity index (χ1) is 16.3. The second kappa shape index (κ2) is 11.9. The van der Waals surface area contributed by atoms with Crippen LogP contribution in [0.1, 0.15) is 36.8 Å². The minimum absolute atomic E-state index is 0.117. The molecule has 34 heavy (non-hydrogen) atoms. The molecule has 3 aromatic rings. The van der Waals surface area contributed by atoms with E-state index >= 15 is 0 Å². The van der Waals surface area contributed by atoms with Crippen molar-refractivity contribution in [1.29, 1.82) is 0 Å². The van der Waals surface area contributed by atoms with Gasteiger partial charge in [-0.2, -0.15) is 0 Å². The number of aryl methyl sites for hydroxylation is 1. The Labute approximate surface area is 208 Å². The number of thioether (sulfide) groups is 1. The summed E-state index contributed by atoms with van der Waals surface area (Å²) in [7, 11) is 1.60. The average molecular weight is 502 g/mol. The molecule has 2 N–H and O–H groups in total. The Morgan fingerprint density at radius 2 is 1.88 bits per heavy atom. The number of ether oxygens (including phenoxy) is 1. The third kappa shape index (κ3) is 6.74. The maximum Gasteiger partial charge on any atom is 0.234 e. The number of nitrogens with one attached hydrogen (secondary N) is 2. The summed E-state index contributed by atoms with van der Waals surface area (Å²) < 4.78 is 7.05. The number of benzene rings is 2. The summed E-state index contributed by atoms with van der Waals surface area (Å²) in [5.74, 6) is 1.27. The van der Waals surface area contributed by atoms with Crippen molar-refractivity contribution in [3.63, 3.8) is 0 Å². The molecule has 0 unspecified atom stereocenters. The normalized spacial score (nSPS) is 11.7. The molecule has 8 nitrogen and oxygen atoms in total. The van der Waals surface area contributed by atoms with Crippen molar-refractivity contribution in [3.05, 3.63) is 64.4 Å². The highest BCUT2D eigenvalue weighted by atomic mass is 35.5.